The van der Waals surface area contributed by atoms with Gasteiger partial charge in [0.1, 0.15) is 17.2 Å². The number of halogens is 3. The Morgan fingerprint density at radius 1 is 1.19 bits per heavy atom. The first kappa shape index (κ1) is 22.5. The van der Waals surface area contributed by atoms with Crippen LogP contribution in [0.25, 0.3) is 11.3 Å². The van der Waals surface area contributed by atoms with Gasteiger partial charge in [-0.25, -0.2) is 4.79 Å². The van der Waals surface area contributed by atoms with Gasteiger partial charge in [-0.3, -0.25) is 15.5 Å². The highest BCUT2D eigenvalue weighted by Crippen LogP contribution is 2.35. The molecule has 11 heteroatoms. The number of nitrogens with zero attached hydrogens (tertiary/aromatic N) is 2. The van der Waals surface area contributed by atoms with E-state index in [1.807, 2.05) is 0 Å². The second-order valence-electron chi connectivity index (χ2n) is 6.36. The van der Waals surface area contributed by atoms with Crippen molar-refractivity contribution in [2.45, 2.75) is 13.1 Å². The average molecular weight is 447 g/mol. The second kappa shape index (κ2) is 9.33. The lowest BCUT2D eigenvalue weighted by atomic mass is 10.1. The highest BCUT2D eigenvalue weighted by Gasteiger charge is 2.33. The molecule has 1 aromatic heterocycles. The quantitative estimate of drug-likeness (QED) is 0.222. The van der Waals surface area contributed by atoms with E-state index in [-0.39, 0.29) is 18.1 Å². The summed E-state index contributed by atoms with van der Waals surface area (Å²) < 4.78 is 48.8. The molecule has 0 spiro atoms. The molecule has 0 saturated carbocycles. The third kappa shape index (κ3) is 5.31. The fourth-order valence-electron chi connectivity index (χ4n) is 2.68. The van der Waals surface area contributed by atoms with Gasteiger partial charge >= 0.3 is 12.1 Å². The van der Waals surface area contributed by atoms with Crippen molar-refractivity contribution in [3.8, 4) is 11.3 Å². The number of carbonyl (C=O) groups excluding carboxylic acids is 1. The number of anilines is 1. The van der Waals surface area contributed by atoms with Crippen molar-refractivity contribution in [1.82, 2.24) is 0 Å². The average Bonchev–Trinajstić information content (AvgIpc) is 3.22. The number of nitrogens with one attached hydrogen (secondary N) is 1. The predicted octanol–water partition coefficient (Wildman–Crippen LogP) is 5.50. The Bertz CT molecular complexity index is 1150. The molecular formula is C21H16F3N3O5. The van der Waals surface area contributed by atoms with Crippen molar-refractivity contribution in [3.63, 3.8) is 0 Å². The third-order valence-corrected chi connectivity index (χ3v) is 4.21. The van der Waals surface area contributed by atoms with Crippen LogP contribution in [0.15, 0.2) is 64.1 Å². The number of esters is 1. The number of benzene rings is 2. The number of ether oxygens (including phenoxy) is 1. The number of hydrazone groups is 1. The Kier molecular flexibility index (Phi) is 6.57. The molecule has 0 fully saturated rings. The van der Waals surface area contributed by atoms with Crippen LogP contribution >= 0.6 is 0 Å². The molecule has 0 radical (unpaired) electrons. The van der Waals surface area contributed by atoms with Crippen molar-refractivity contribution >= 4 is 23.6 Å². The lowest BCUT2D eigenvalue weighted by molar-refractivity contribution is -0.384. The van der Waals surface area contributed by atoms with E-state index in [1.54, 1.807) is 43.3 Å². The molecule has 1 heterocycles. The number of furan rings is 1. The summed E-state index contributed by atoms with van der Waals surface area (Å²) in [6.45, 7) is 1.98. The minimum atomic E-state index is -4.70. The van der Waals surface area contributed by atoms with Crippen LogP contribution in [0.5, 0.6) is 0 Å². The Hall–Kier alpha value is -4.15. The lowest BCUT2D eigenvalue weighted by Crippen LogP contribution is -2.06. The normalized spacial score (nSPS) is 11.5. The van der Waals surface area contributed by atoms with Gasteiger partial charge in [0.05, 0.1) is 28.9 Å². The molecule has 0 amide bonds. The summed E-state index contributed by atoms with van der Waals surface area (Å²) in [6, 6.07) is 11.9. The Balaban J connectivity index is 1.71. The minimum absolute atomic E-state index is 0.208. The number of rotatable bonds is 7. The molecule has 3 aromatic rings. The minimum Gasteiger partial charge on any atom is -0.462 e. The van der Waals surface area contributed by atoms with E-state index in [4.69, 9.17) is 9.15 Å². The van der Waals surface area contributed by atoms with Crippen molar-refractivity contribution in [2.75, 3.05) is 12.0 Å². The molecular weight excluding hydrogens is 431 g/mol. The number of hydrogen-bond donors (Lipinski definition) is 1. The molecule has 0 unspecified atom stereocenters. The maximum Gasteiger partial charge on any atom is 0.416 e. The van der Waals surface area contributed by atoms with Crippen LogP contribution in [-0.4, -0.2) is 23.7 Å². The SMILES string of the molecule is CCOC(=O)c1ccc(-c2ccc(/C=N\Nc3ccc(C(F)(F)F)cc3[N+](=O)[O-])o2)cc1. The summed E-state index contributed by atoms with van der Waals surface area (Å²) in [7, 11) is 0. The van der Waals surface area contributed by atoms with Crippen LogP contribution in [-0.2, 0) is 10.9 Å². The molecule has 166 valence electrons. The summed E-state index contributed by atoms with van der Waals surface area (Å²) in [5.41, 5.74) is 1.32. The predicted molar refractivity (Wildman–Crippen MR) is 109 cm³/mol. The van der Waals surface area contributed by atoms with Gasteiger partial charge in [0.15, 0.2) is 0 Å². The third-order valence-electron chi connectivity index (χ3n) is 4.21. The number of carbonyl (C=O) groups is 1. The smallest absolute Gasteiger partial charge is 0.416 e. The van der Waals surface area contributed by atoms with E-state index < -0.39 is 28.3 Å². The van der Waals surface area contributed by atoms with Gasteiger partial charge < -0.3 is 9.15 Å². The van der Waals surface area contributed by atoms with Gasteiger partial charge in [-0.2, -0.15) is 18.3 Å². The van der Waals surface area contributed by atoms with Crippen LogP contribution < -0.4 is 5.43 Å². The zero-order valence-corrected chi connectivity index (χ0v) is 16.6. The van der Waals surface area contributed by atoms with Crippen LogP contribution in [0.2, 0.25) is 0 Å². The van der Waals surface area contributed by atoms with E-state index in [0.29, 0.717) is 23.0 Å². The summed E-state index contributed by atoms with van der Waals surface area (Å²) in [5, 5.41) is 14.9. The van der Waals surface area contributed by atoms with E-state index in [0.717, 1.165) is 12.1 Å². The number of nitro benzene ring substituents is 1. The highest BCUT2D eigenvalue weighted by atomic mass is 19.4. The zero-order chi connectivity index (χ0) is 23.3. The van der Waals surface area contributed by atoms with E-state index in [1.165, 1.54) is 6.21 Å². The van der Waals surface area contributed by atoms with Gasteiger partial charge in [-0.05, 0) is 43.3 Å². The van der Waals surface area contributed by atoms with Gasteiger partial charge in [-0.1, -0.05) is 12.1 Å². The standard InChI is InChI=1S/C21H16F3N3O5/c1-2-31-20(28)14-5-3-13(4-6-14)19-10-8-16(32-19)12-25-26-17-9-7-15(21(22,23)24)11-18(17)27(29)30/h3-12,26H,2H2,1H3/b25-12-. The molecule has 0 saturated heterocycles. The van der Waals surface area contributed by atoms with Crippen LogP contribution in [0, 0.1) is 10.1 Å². The molecule has 0 aliphatic carbocycles. The first-order valence-electron chi connectivity index (χ1n) is 9.21. The van der Waals surface area contributed by atoms with Gasteiger partial charge in [0, 0.05) is 11.6 Å². The van der Waals surface area contributed by atoms with Crippen LogP contribution in [0.3, 0.4) is 0 Å². The van der Waals surface area contributed by atoms with Crippen molar-refractivity contribution in [1.29, 1.82) is 0 Å². The Morgan fingerprint density at radius 3 is 2.53 bits per heavy atom. The zero-order valence-electron chi connectivity index (χ0n) is 16.6. The van der Waals surface area contributed by atoms with Gasteiger partial charge in [-0.15, -0.1) is 0 Å². The number of hydrogen-bond acceptors (Lipinski definition) is 7. The van der Waals surface area contributed by atoms with Crippen molar-refractivity contribution in [3.05, 3.63) is 81.6 Å². The fraction of sp³-hybridized carbons (Fsp3) is 0.143. The number of nitro groups is 1. The highest BCUT2D eigenvalue weighted by molar-refractivity contribution is 5.90. The molecule has 0 aliphatic rings. The monoisotopic (exact) mass is 447 g/mol. The van der Waals surface area contributed by atoms with Crippen molar-refractivity contribution < 1.29 is 32.0 Å². The molecule has 1 N–H and O–H groups in total. The number of alkyl halides is 3. The maximum atomic E-state index is 12.8. The second-order valence-corrected chi connectivity index (χ2v) is 6.36. The van der Waals surface area contributed by atoms with E-state index in [9.17, 15) is 28.1 Å². The fourth-order valence-corrected chi connectivity index (χ4v) is 2.68. The summed E-state index contributed by atoms with van der Waals surface area (Å²) in [5.74, 6) is 0.327. The van der Waals surface area contributed by atoms with E-state index in [2.05, 4.69) is 10.5 Å². The van der Waals surface area contributed by atoms with Gasteiger partial charge in [0.2, 0.25) is 0 Å². The van der Waals surface area contributed by atoms with Crippen LogP contribution in [0.4, 0.5) is 24.5 Å². The summed E-state index contributed by atoms with van der Waals surface area (Å²) in [6.07, 6.45) is -3.48. The van der Waals surface area contributed by atoms with E-state index >= 15 is 0 Å². The largest absolute Gasteiger partial charge is 0.462 e. The topological polar surface area (TPSA) is 107 Å². The molecule has 0 atom stereocenters. The molecule has 32 heavy (non-hydrogen) atoms. The summed E-state index contributed by atoms with van der Waals surface area (Å²) >= 11 is 0. The lowest BCUT2D eigenvalue weighted by Gasteiger charge is -2.08. The van der Waals surface area contributed by atoms with Crippen molar-refractivity contribution in [2.24, 2.45) is 5.10 Å². The molecule has 2 aromatic carbocycles. The van der Waals surface area contributed by atoms with Crippen LogP contribution in [0.1, 0.15) is 28.6 Å². The Morgan fingerprint density at radius 2 is 1.91 bits per heavy atom. The summed E-state index contributed by atoms with van der Waals surface area (Å²) in [4.78, 5) is 21.9. The molecule has 8 nitrogen and oxygen atoms in total. The maximum absolute atomic E-state index is 12.8. The molecule has 0 aliphatic heterocycles. The molecule has 0 bridgehead atoms. The van der Waals surface area contributed by atoms with Gasteiger partial charge in [0.25, 0.3) is 5.69 Å². The first-order valence-corrected chi connectivity index (χ1v) is 9.21. The first-order chi connectivity index (χ1) is 15.2. The Labute approximate surface area is 179 Å². The molecule has 3 rings (SSSR count).